The molecule has 0 aromatic heterocycles. The number of thioether (sulfide) groups is 1. The molecule has 0 heterocycles. The molecular weight excluding hydrogens is 335 g/mol. The summed E-state index contributed by atoms with van der Waals surface area (Å²) in [6.07, 6.45) is 1.79. The Balaban J connectivity index is 2.12. The molecule has 132 valence electrons. The van der Waals surface area contributed by atoms with Crippen LogP contribution in [-0.2, 0) is 0 Å². The lowest BCUT2D eigenvalue weighted by molar-refractivity contribution is 0.102. The van der Waals surface area contributed by atoms with Crippen LogP contribution in [0.1, 0.15) is 28.4 Å². The molecule has 0 radical (unpaired) electrons. The summed E-state index contributed by atoms with van der Waals surface area (Å²) in [6.45, 7) is 6.81. The van der Waals surface area contributed by atoms with E-state index in [1.165, 1.54) is 23.9 Å². The van der Waals surface area contributed by atoms with Gasteiger partial charge < -0.3 is 4.90 Å². The average Bonchev–Trinajstić information content (AvgIpc) is 2.59. The van der Waals surface area contributed by atoms with Crippen molar-refractivity contribution in [1.82, 2.24) is 4.90 Å². The van der Waals surface area contributed by atoms with E-state index in [1.54, 1.807) is 18.5 Å². The predicted octanol–water partition coefficient (Wildman–Crippen LogP) is 5.03. The zero-order chi connectivity index (χ0) is 18.4. The van der Waals surface area contributed by atoms with Crippen LogP contribution in [0.3, 0.4) is 0 Å². The van der Waals surface area contributed by atoms with Crippen molar-refractivity contribution in [1.29, 1.82) is 0 Å². The van der Waals surface area contributed by atoms with E-state index in [4.69, 9.17) is 0 Å². The molecule has 0 unspecified atom stereocenters. The van der Waals surface area contributed by atoms with E-state index in [-0.39, 0.29) is 17.4 Å². The standard InChI is InChI=1S/C20H23FN2OS/c1-5-23(4)13-22-19-10-14(2)18(9-15(19)3)20(24)12-25-17-8-6-7-16(21)11-17/h6-11,13H,5,12H2,1-4H3/b22-13+. The maximum Gasteiger partial charge on any atom is 0.173 e. The molecule has 2 aromatic carbocycles. The summed E-state index contributed by atoms with van der Waals surface area (Å²) in [5, 5.41) is 0. The Morgan fingerprint density at radius 1 is 1.24 bits per heavy atom. The number of carbonyl (C=O) groups is 1. The minimum atomic E-state index is -0.288. The van der Waals surface area contributed by atoms with Crippen molar-refractivity contribution in [2.45, 2.75) is 25.7 Å². The molecule has 0 atom stereocenters. The first-order valence-corrected chi connectivity index (χ1v) is 9.16. The van der Waals surface area contributed by atoms with Gasteiger partial charge in [0.05, 0.1) is 17.8 Å². The number of aryl methyl sites for hydroxylation is 2. The highest BCUT2D eigenvalue weighted by Gasteiger charge is 2.12. The Hall–Kier alpha value is -2.14. The quantitative estimate of drug-likeness (QED) is 0.301. The number of Topliss-reactive ketones (excluding diaryl/α,β-unsaturated/α-hetero) is 1. The van der Waals surface area contributed by atoms with Crippen molar-refractivity contribution in [3.63, 3.8) is 0 Å². The lowest BCUT2D eigenvalue weighted by Crippen LogP contribution is -2.14. The molecule has 0 aliphatic carbocycles. The summed E-state index contributed by atoms with van der Waals surface area (Å²) in [5.41, 5.74) is 3.43. The fourth-order valence-corrected chi connectivity index (χ4v) is 3.09. The van der Waals surface area contributed by atoms with Gasteiger partial charge in [-0.1, -0.05) is 6.07 Å². The highest BCUT2D eigenvalue weighted by atomic mass is 32.2. The number of aliphatic imine (C=N–C) groups is 1. The zero-order valence-corrected chi connectivity index (χ0v) is 15.9. The van der Waals surface area contributed by atoms with E-state index >= 15 is 0 Å². The molecule has 0 bridgehead atoms. The zero-order valence-electron chi connectivity index (χ0n) is 15.0. The monoisotopic (exact) mass is 358 g/mol. The van der Waals surface area contributed by atoms with Crippen LogP contribution >= 0.6 is 11.8 Å². The second-order valence-electron chi connectivity index (χ2n) is 5.94. The maximum atomic E-state index is 13.2. The van der Waals surface area contributed by atoms with Gasteiger partial charge in [-0.2, -0.15) is 0 Å². The van der Waals surface area contributed by atoms with Gasteiger partial charge in [0.25, 0.3) is 0 Å². The molecule has 0 spiro atoms. The molecule has 0 N–H and O–H groups in total. The van der Waals surface area contributed by atoms with E-state index in [1.807, 2.05) is 37.9 Å². The van der Waals surface area contributed by atoms with Crippen LogP contribution in [0.15, 0.2) is 46.3 Å². The number of ketones is 1. The third kappa shape index (κ3) is 5.43. The van der Waals surface area contributed by atoms with Gasteiger partial charge in [0.15, 0.2) is 5.78 Å². The largest absolute Gasteiger partial charge is 0.366 e. The molecule has 3 nitrogen and oxygen atoms in total. The number of hydrogen-bond donors (Lipinski definition) is 0. The molecule has 0 amide bonds. The first-order valence-electron chi connectivity index (χ1n) is 8.18. The minimum Gasteiger partial charge on any atom is -0.366 e. The van der Waals surface area contributed by atoms with Crippen LogP contribution in [0.2, 0.25) is 0 Å². The maximum absolute atomic E-state index is 13.2. The van der Waals surface area contributed by atoms with Crippen LogP contribution in [0.5, 0.6) is 0 Å². The highest BCUT2D eigenvalue weighted by Crippen LogP contribution is 2.26. The smallest absolute Gasteiger partial charge is 0.173 e. The Morgan fingerprint density at radius 3 is 2.68 bits per heavy atom. The Morgan fingerprint density at radius 2 is 2.00 bits per heavy atom. The van der Waals surface area contributed by atoms with E-state index in [0.29, 0.717) is 5.56 Å². The number of halogens is 1. The van der Waals surface area contributed by atoms with Crippen molar-refractivity contribution >= 4 is 29.6 Å². The number of rotatable bonds is 7. The van der Waals surface area contributed by atoms with Gasteiger partial charge in [0.2, 0.25) is 0 Å². The average molecular weight is 358 g/mol. The number of hydrogen-bond acceptors (Lipinski definition) is 3. The fourth-order valence-electron chi connectivity index (χ4n) is 2.27. The van der Waals surface area contributed by atoms with Crippen molar-refractivity contribution in [3.05, 3.63) is 58.9 Å². The molecule has 2 aromatic rings. The van der Waals surface area contributed by atoms with E-state index < -0.39 is 0 Å². The van der Waals surface area contributed by atoms with Crippen LogP contribution in [0, 0.1) is 19.7 Å². The van der Waals surface area contributed by atoms with Gasteiger partial charge >= 0.3 is 0 Å². The molecule has 0 fully saturated rings. The van der Waals surface area contributed by atoms with Crippen LogP contribution in [0.4, 0.5) is 10.1 Å². The summed E-state index contributed by atoms with van der Waals surface area (Å²) in [5.74, 6) is 0.0325. The number of benzene rings is 2. The van der Waals surface area contributed by atoms with Gasteiger partial charge in [0.1, 0.15) is 5.82 Å². The SMILES string of the molecule is CCN(C)/C=N/c1cc(C)c(C(=O)CSc2cccc(F)c2)cc1C. The van der Waals surface area contributed by atoms with Crippen LogP contribution in [0.25, 0.3) is 0 Å². The lowest BCUT2D eigenvalue weighted by atomic mass is 10.0. The van der Waals surface area contributed by atoms with E-state index in [9.17, 15) is 9.18 Å². The van der Waals surface area contributed by atoms with Crippen molar-refractivity contribution in [3.8, 4) is 0 Å². The highest BCUT2D eigenvalue weighted by molar-refractivity contribution is 8.00. The second-order valence-corrected chi connectivity index (χ2v) is 6.99. The second kappa shape index (κ2) is 8.81. The molecule has 0 saturated carbocycles. The summed E-state index contributed by atoms with van der Waals surface area (Å²) < 4.78 is 13.2. The molecule has 0 saturated heterocycles. The Kier molecular flexibility index (Phi) is 6.76. The van der Waals surface area contributed by atoms with Crippen molar-refractivity contribution in [2.75, 3.05) is 19.3 Å². The van der Waals surface area contributed by atoms with E-state index in [0.717, 1.165) is 28.3 Å². The van der Waals surface area contributed by atoms with E-state index in [2.05, 4.69) is 11.9 Å². The minimum absolute atomic E-state index is 0.0380. The Labute approximate surface area is 153 Å². The first-order chi connectivity index (χ1) is 11.9. The first kappa shape index (κ1) is 19.2. The normalized spacial score (nSPS) is 11.1. The fraction of sp³-hybridized carbons (Fsp3) is 0.300. The molecular formula is C20H23FN2OS. The van der Waals surface area contributed by atoms with Gasteiger partial charge in [0, 0.05) is 24.1 Å². The van der Waals surface area contributed by atoms with Crippen molar-refractivity contribution in [2.24, 2.45) is 4.99 Å². The third-order valence-corrected chi connectivity index (χ3v) is 4.90. The van der Waals surface area contributed by atoms with Crippen LogP contribution < -0.4 is 0 Å². The number of carbonyl (C=O) groups excluding carboxylic acids is 1. The van der Waals surface area contributed by atoms with Gasteiger partial charge in [-0.25, -0.2) is 9.38 Å². The Bertz CT molecular complexity index is 789. The molecule has 0 aliphatic rings. The summed E-state index contributed by atoms with van der Waals surface area (Å²) >= 11 is 1.35. The molecule has 2 rings (SSSR count). The molecule has 0 aliphatic heterocycles. The van der Waals surface area contributed by atoms with Crippen molar-refractivity contribution < 1.29 is 9.18 Å². The topological polar surface area (TPSA) is 32.7 Å². The lowest BCUT2D eigenvalue weighted by Gasteiger charge is -2.11. The van der Waals surface area contributed by atoms with Gasteiger partial charge in [-0.05, 0) is 62.2 Å². The third-order valence-electron chi connectivity index (χ3n) is 3.90. The predicted molar refractivity (Wildman–Crippen MR) is 104 cm³/mol. The summed E-state index contributed by atoms with van der Waals surface area (Å²) in [4.78, 5) is 19.8. The van der Waals surface area contributed by atoms with Gasteiger partial charge in [-0.3, -0.25) is 4.79 Å². The number of nitrogens with zero attached hydrogens (tertiary/aromatic N) is 2. The molecule has 5 heteroatoms. The van der Waals surface area contributed by atoms with Crippen LogP contribution in [-0.4, -0.2) is 36.4 Å². The summed E-state index contributed by atoms with van der Waals surface area (Å²) in [7, 11) is 1.97. The summed E-state index contributed by atoms with van der Waals surface area (Å²) in [6, 6.07) is 10.1. The molecule has 25 heavy (non-hydrogen) atoms. The van der Waals surface area contributed by atoms with Gasteiger partial charge in [-0.15, -0.1) is 11.8 Å².